The molecular formula is C65H82N8O10S. The van der Waals surface area contributed by atoms with Crippen LogP contribution in [0, 0.1) is 30.1 Å². The zero-order valence-electron chi connectivity index (χ0n) is 50.3. The first-order valence-electron chi connectivity index (χ1n) is 30.0. The number of amides is 4. The van der Waals surface area contributed by atoms with E-state index in [4.69, 9.17) is 19.2 Å². The van der Waals surface area contributed by atoms with Gasteiger partial charge in [-0.2, -0.15) is 0 Å². The van der Waals surface area contributed by atoms with E-state index in [2.05, 4.69) is 54.3 Å². The maximum absolute atomic E-state index is 15.3. The summed E-state index contributed by atoms with van der Waals surface area (Å²) >= 11 is 0. The number of cyclic esters (lactones) is 1. The molecule has 2 saturated heterocycles. The number of fused-ring (bicyclic) bond motifs is 6. The summed E-state index contributed by atoms with van der Waals surface area (Å²) in [5.74, 6) is -2.94. The lowest BCUT2D eigenvalue weighted by Crippen LogP contribution is -2.62. The highest BCUT2D eigenvalue weighted by atomic mass is 32.2. The minimum absolute atomic E-state index is 0.0618. The zero-order valence-corrected chi connectivity index (χ0v) is 51.1. The van der Waals surface area contributed by atoms with Crippen LogP contribution in [0.25, 0.3) is 33.3 Å². The van der Waals surface area contributed by atoms with E-state index in [9.17, 15) is 23.4 Å². The van der Waals surface area contributed by atoms with Crippen LogP contribution in [0.15, 0.2) is 83.9 Å². The fraction of sp³-hybridized carbons (Fsp3) is 0.523. The molecule has 10 rings (SSSR count). The molecule has 448 valence electrons. The first kappa shape index (κ1) is 60.3. The molecule has 3 aromatic carbocycles. The van der Waals surface area contributed by atoms with Crippen molar-refractivity contribution < 1.29 is 47.2 Å². The van der Waals surface area contributed by atoms with Crippen molar-refractivity contribution in [2.75, 3.05) is 40.9 Å². The lowest BCUT2D eigenvalue weighted by molar-refractivity contribution is -0.155. The SMILES string of the molecule is CCn1c(-c2cccnc2[C@H](C)OC)c2c3cc(ccc31)-c1cc(cc(OC(=O)C(C)C)c1)C[C@H](NC(=O)[C@H](C1CCCC1)N(C)C(=O)CN(C)C(=O)[C@H]1C(C3CC3)N1[S@](=O)c1ccc(C)cc1)C(=O)N1CCC[C@H](N1)C(=O)OCC(C)(C)C2. The van der Waals surface area contributed by atoms with Gasteiger partial charge in [-0.25, -0.2) is 13.9 Å². The Hall–Kier alpha value is -6.80. The number of hydrazine groups is 1. The number of nitrogens with zero attached hydrogens (tertiary/aromatic N) is 6. The predicted molar refractivity (Wildman–Crippen MR) is 320 cm³/mol. The van der Waals surface area contributed by atoms with Gasteiger partial charge in [0.25, 0.3) is 5.91 Å². The minimum atomic E-state index is -1.56. The number of ether oxygens (including phenoxy) is 3. The fourth-order valence-corrected chi connectivity index (χ4v) is 14.2. The molecule has 4 amide bonds. The Morgan fingerprint density at radius 2 is 1.67 bits per heavy atom. The lowest BCUT2D eigenvalue weighted by Gasteiger charge is -2.37. The van der Waals surface area contributed by atoms with Crippen LogP contribution in [0.1, 0.15) is 121 Å². The van der Waals surface area contributed by atoms with Crippen molar-refractivity contribution in [3.63, 3.8) is 0 Å². The summed E-state index contributed by atoms with van der Waals surface area (Å²) < 4.78 is 36.1. The second-order valence-corrected chi connectivity index (χ2v) is 26.4. The van der Waals surface area contributed by atoms with Gasteiger partial charge in [0, 0.05) is 68.8 Å². The minimum Gasteiger partial charge on any atom is -0.464 e. The highest BCUT2D eigenvalue weighted by Gasteiger charge is 2.62. The van der Waals surface area contributed by atoms with Crippen molar-refractivity contribution >= 4 is 57.5 Å². The Morgan fingerprint density at radius 3 is 2.36 bits per heavy atom. The van der Waals surface area contributed by atoms with Gasteiger partial charge >= 0.3 is 11.9 Å². The van der Waals surface area contributed by atoms with E-state index < -0.39 is 76.1 Å². The third-order valence-corrected chi connectivity index (χ3v) is 19.1. The molecule has 2 aromatic heterocycles. The number of methoxy groups -OCH3 is 1. The van der Waals surface area contributed by atoms with Crippen LogP contribution in [0.2, 0.25) is 0 Å². The van der Waals surface area contributed by atoms with Gasteiger partial charge in [-0.3, -0.25) is 38.8 Å². The predicted octanol–water partition coefficient (Wildman–Crippen LogP) is 8.28. The molecule has 5 heterocycles. The molecule has 5 aromatic rings. The number of aryl methyl sites for hydroxylation is 2. The lowest BCUT2D eigenvalue weighted by atomic mass is 9.84. The molecule has 6 bridgehead atoms. The van der Waals surface area contributed by atoms with Gasteiger partial charge in [0.1, 0.15) is 40.9 Å². The van der Waals surface area contributed by atoms with Crippen LogP contribution in [-0.2, 0) is 68.6 Å². The molecule has 0 radical (unpaired) electrons. The van der Waals surface area contributed by atoms with E-state index in [0.717, 1.165) is 70.2 Å². The number of aromatic nitrogens is 2. The number of hydrogen-bond acceptors (Lipinski definition) is 12. The number of hydrogen-bond donors (Lipinski definition) is 2. The van der Waals surface area contributed by atoms with E-state index >= 15 is 9.59 Å². The van der Waals surface area contributed by atoms with Gasteiger partial charge in [0.15, 0.2) is 0 Å². The molecule has 0 spiro atoms. The molecule has 3 aliphatic heterocycles. The van der Waals surface area contributed by atoms with Crippen molar-refractivity contribution in [1.82, 2.24) is 39.4 Å². The average Bonchev–Trinajstić information content (AvgIpc) is 2.69. The Kier molecular flexibility index (Phi) is 18.0. The molecule has 2 N–H and O–H groups in total. The summed E-state index contributed by atoms with van der Waals surface area (Å²) in [6.07, 6.45) is 7.69. The van der Waals surface area contributed by atoms with Crippen LogP contribution in [0.4, 0.5) is 0 Å². The van der Waals surface area contributed by atoms with Crippen molar-refractivity contribution in [2.45, 2.75) is 160 Å². The largest absolute Gasteiger partial charge is 0.464 e. The first-order chi connectivity index (χ1) is 40.2. The van der Waals surface area contributed by atoms with E-state index in [1.165, 1.54) is 14.8 Å². The maximum Gasteiger partial charge on any atom is 0.324 e. The number of pyridine rings is 1. The highest BCUT2D eigenvalue weighted by Crippen LogP contribution is 2.49. The number of carbonyl (C=O) groups is 6. The van der Waals surface area contributed by atoms with Crippen molar-refractivity contribution in [2.24, 2.45) is 23.2 Å². The van der Waals surface area contributed by atoms with Gasteiger partial charge in [-0.15, -0.1) is 0 Å². The fourth-order valence-electron chi connectivity index (χ4n) is 12.7. The smallest absolute Gasteiger partial charge is 0.324 e. The normalized spacial score (nSPS) is 22.8. The van der Waals surface area contributed by atoms with Gasteiger partial charge in [0.05, 0.1) is 47.5 Å². The summed E-state index contributed by atoms with van der Waals surface area (Å²) in [6, 6.07) is 19.3. The number of benzene rings is 3. The first-order valence-corrected chi connectivity index (χ1v) is 31.1. The molecule has 2 aliphatic carbocycles. The Labute approximate surface area is 495 Å². The number of carbonyl (C=O) groups excluding carboxylic acids is 6. The van der Waals surface area contributed by atoms with Crippen LogP contribution in [0.3, 0.4) is 0 Å². The maximum atomic E-state index is 15.3. The van der Waals surface area contributed by atoms with Gasteiger partial charge in [-0.05, 0) is 148 Å². The average molecular weight is 1170 g/mol. The van der Waals surface area contributed by atoms with E-state index in [1.807, 2.05) is 62.4 Å². The second-order valence-electron chi connectivity index (χ2n) is 25.0. The van der Waals surface area contributed by atoms with E-state index in [1.54, 1.807) is 51.6 Å². The molecule has 84 heavy (non-hydrogen) atoms. The van der Waals surface area contributed by atoms with Gasteiger partial charge in [0.2, 0.25) is 17.7 Å². The van der Waals surface area contributed by atoms with Crippen LogP contribution >= 0.6 is 0 Å². The Morgan fingerprint density at radius 1 is 0.929 bits per heavy atom. The van der Waals surface area contributed by atoms with Crippen molar-refractivity contribution in [1.29, 1.82) is 0 Å². The van der Waals surface area contributed by atoms with E-state index in [0.29, 0.717) is 54.7 Å². The molecule has 19 heteroatoms. The quantitative estimate of drug-likeness (QED) is 0.0545. The summed E-state index contributed by atoms with van der Waals surface area (Å²) in [7, 11) is 3.26. The van der Waals surface area contributed by atoms with Crippen molar-refractivity contribution in [3.8, 4) is 28.1 Å². The molecule has 2 unspecified atom stereocenters. The van der Waals surface area contributed by atoms with Crippen molar-refractivity contribution in [3.05, 3.63) is 101 Å². The molecule has 2 saturated carbocycles. The number of rotatable bonds is 16. The van der Waals surface area contributed by atoms with Gasteiger partial charge in [-0.1, -0.05) is 70.4 Å². The molecule has 8 atom stereocenters. The molecule has 18 nitrogen and oxygen atoms in total. The standard InChI is InChI=1S/C65H82N8O10S/c1-11-71-53-27-24-44-34-49(53)50(58(71)48-18-14-28-66-55(48)40(5)81-10)35-65(6,7)37-82-64(79)51-19-15-29-72(68-51)61(76)52(32-41-30-45(44)33-46(31-41)83-63(78)38(2)3)67-60(75)57(42-16-12-13-17-42)70(9)54(74)36-69(8)62(77)59-56(43-22-23-43)73(59)84(80)47-25-20-39(4)21-26-47/h14,18,20-21,24-28,30-31,33-34,38,40,42-43,51-52,56-57,59,68H,11-13,15-17,19,22-23,29,32,35-37H2,1-10H3,(H,67,75)/t40-,51-,52-,56?,57-,59+,73?,84+/m0/s1. The summed E-state index contributed by atoms with van der Waals surface area (Å²) in [6.45, 7) is 14.3. The highest BCUT2D eigenvalue weighted by molar-refractivity contribution is 7.83. The molecular weight excluding hydrogens is 1080 g/mol. The zero-order chi connectivity index (χ0) is 59.9. The monoisotopic (exact) mass is 1170 g/mol. The summed E-state index contributed by atoms with van der Waals surface area (Å²) in [5, 5.41) is 5.49. The Bertz CT molecular complexity index is 3350. The summed E-state index contributed by atoms with van der Waals surface area (Å²) in [5.41, 5.74) is 10.4. The third kappa shape index (κ3) is 12.8. The molecule has 5 aliphatic rings. The number of esters is 2. The van der Waals surface area contributed by atoms with Crippen LogP contribution in [-0.4, -0.2) is 140 Å². The van der Waals surface area contributed by atoms with Gasteiger partial charge < -0.3 is 33.9 Å². The number of likely N-dealkylation sites (N-methyl/N-ethyl adjacent to an activating group) is 2. The second kappa shape index (κ2) is 25.0. The third-order valence-electron chi connectivity index (χ3n) is 17.6. The summed E-state index contributed by atoms with van der Waals surface area (Å²) in [4.78, 5) is 95.4. The molecule has 4 fully saturated rings. The Balaban J connectivity index is 1.00. The van der Waals surface area contributed by atoms with Crippen LogP contribution in [0.5, 0.6) is 5.75 Å². The topological polar surface area (TPSA) is 202 Å². The number of nitrogens with one attached hydrogen (secondary N) is 2. The van der Waals surface area contributed by atoms with Crippen LogP contribution < -0.4 is 15.5 Å². The van der Waals surface area contributed by atoms with E-state index in [-0.39, 0.29) is 61.8 Å².